The van der Waals surface area contributed by atoms with Crippen molar-refractivity contribution in [3.8, 4) is 0 Å². The number of hydrogen-bond acceptors (Lipinski definition) is 4. The van der Waals surface area contributed by atoms with Gasteiger partial charge in [0.15, 0.2) is 0 Å². The number of anilines is 1. The molecule has 1 saturated heterocycles. The summed E-state index contributed by atoms with van der Waals surface area (Å²) in [4.78, 5) is 19.8. The molecule has 1 aromatic heterocycles. The third-order valence-corrected chi connectivity index (χ3v) is 3.42. The smallest absolute Gasteiger partial charge is 0.239 e. The Morgan fingerprint density at radius 2 is 2.22 bits per heavy atom. The molecule has 0 bridgehead atoms. The van der Waals surface area contributed by atoms with E-state index in [9.17, 15) is 4.79 Å². The van der Waals surface area contributed by atoms with Crippen LogP contribution in [0.5, 0.6) is 0 Å². The van der Waals surface area contributed by atoms with Gasteiger partial charge in [-0.1, -0.05) is 0 Å². The third-order valence-electron chi connectivity index (χ3n) is 3.42. The van der Waals surface area contributed by atoms with Crippen molar-refractivity contribution in [3.05, 3.63) is 11.9 Å². The zero-order valence-corrected chi connectivity index (χ0v) is 11.5. The van der Waals surface area contributed by atoms with Crippen LogP contribution in [-0.2, 0) is 18.4 Å². The first-order valence-corrected chi connectivity index (χ1v) is 6.17. The maximum Gasteiger partial charge on any atom is 0.239 e. The van der Waals surface area contributed by atoms with Gasteiger partial charge in [-0.15, -0.1) is 0 Å². The monoisotopic (exact) mass is 251 g/mol. The van der Waals surface area contributed by atoms with Gasteiger partial charge in [0, 0.05) is 41.3 Å². The molecule has 1 aromatic rings. The molecule has 1 N–H and O–H groups in total. The summed E-state index contributed by atoms with van der Waals surface area (Å²) in [5.74, 6) is 1.10. The van der Waals surface area contributed by atoms with Crippen molar-refractivity contribution >= 4 is 11.9 Å². The van der Waals surface area contributed by atoms with E-state index in [0.717, 1.165) is 24.6 Å². The Morgan fingerprint density at radius 1 is 1.50 bits per heavy atom. The van der Waals surface area contributed by atoms with Gasteiger partial charge in [0.2, 0.25) is 11.9 Å². The van der Waals surface area contributed by atoms with E-state index in [2.05, 4.69) is 10.3 Å². The molecule has 0 aromatic carbocycles. The summed E-state index contributed by atoms with van der Waals surface area (Å²) in [6, 6.07) is -0.0484. The Hall–Kier alpha value is -1.56. The summed E-state index contributed by atoms with van der Waals surface area (Å²) >= 11 is 0. The molecule has 6 heteroatoms. The number of likely N-dealkylation sites (N-methyl/N-ethyl adjacent to an activating group) is 1. The van der Waals surface area contributed by atoms with E-state index in [0.29, 0.717) is 6.54 Å². The number of imidazole rings is 1. The quantitative estimate of drug-likeness (QED) is 0.805. The van der Waals surface area contributed by atoms with E-state index < -0.39 is 0 Å². The van der Waals surface area contributed by atoms with Gasteiger partial charge in [-0.2, -0.15) is 0 Å². The van der Waals surface area contributed by atoms with Crippen LogP contribution in [0.3, 0.4) is 0 Å². The lowest BCUT2D eigenvalue weighted by molar-refractivity contribution is -0.128. The first kappa shape index (κ1) is 12.9. The molecule has 2 rings (SSSR count). The summed E-state index contributed by atoms with van der Waals surface area (Å²) in [7, 11) is 7.77. The van der Waals surface area contributed by atoms with E-state index in [-0.39, 0.29) is 11.9 Å². The molecule has 1 amide bonds. The van der Waals surface area contributed by atoms with E-state index >= 15 is 0 Å². The molecule has 100 valence electrons. The van der Waals surface area contributed by atoms with Crippen molar-refractivity contribution in [1.82, 2.24) is 19.8 Å². The molecular weight excluding hydrogens is 230 g/mol. The second-order valence-electron chi connectivity index (χ2n) is 4.98. The van der Waals surface area contributed by atoms with Crippen LogP contribution in [0.4, 0.5) is 5.95 Å². The highest BCUT2D eigenvalue weighted by Gasteiger charge is 2.28. The van der Waals surface area contributed by atoms with Gasteiger partial charge in [-0.25, -0.2) is 4.98 Å². The van der Waals surface area contributed by atoms with Crippen LogP contribution in [0.25, 0.3) is 0 Å². The standard InChI is InChI=1S/C12H21N5O/c1-15(2)12-14-8-9(17(12)4)7-13-10-5-6-16(3)11(10)18/h8,10,13H,5-7H2,1-4H3. The maximum atomic E-state index is 11.8. The Morgan fingerprint density at radius 3 is 2.72 bits per heavy atom. The van der Waals surface area contributed by atoms with Crippen LogP contribution in [0.2, 0.25) is 0 Å². The highest BCUT2D eigenvalue weighted by Crippen LogP contribution is 2.13. The molecule has 1 atom stereocenters. The number of likely N-dealkylation sites (tertiary alicyclic amines) is 1. The number of aromatic nitrogens is 2. The summed E-state index contributed by atoms with van der Waals surface area (Å²) in [6.45, 7) is 1.51. The number of amides is 1. The van der Waals surface area contributed by atoms with Crippen LogP contribution >= 0.6 is 0 Å². The molecule has 18 heavy (non-hydrogen) atoms. The fourth-order valence-corrected chi connectivity index (χ4v) is 2.25. The number of nitrogens with one attached hydrogen (secondary N) is 1. The second kappa shape index (κ2) is 4.97. The van der Waals surface area contributed by atoms with Gasteiger partial charge in [0.25, 0.3) is 0 Å². The highest BCUT2D eigenvalue weighted by molar-refractivity contribution is 5.83. The van der Waals surface area contributed by atoms with Gasteiger partial charge >= 0.3 is 0 Å². The van der Waals surface area contributed by atoms with E-state index in [4.69, 9.17) is 0 Å². The Bertz CT molecular complexity index is 440. The highest BCUT2D eigenvalue weighted by atomic mass is 16.2. The van der Waals surface area contributed by atoms with Gasteiger partial charge in [-0.05, 0) is 6.42 Å². The predicted octanol–water partition coefficient (Wildman–Crippen LogP) is -0.194. The molecule has 1 fully saturated rings. The fourth-order valence-electron chi connectivity index (χ4n) is 2.25. The molecule has 0 saturated carbocycles. The minimum Gasteiger partial charge on any atom is -0.348 e. The fraction of sp³-hybridized carbons (Fsp3) is 0.667. The molecule has 1 aliphatic heterocycles. The largest absolute Gasteiger partial charge is 0.348 e. The minimum absolute atomic E-state index is 0.0484. The Balaban J connectivity index is 1.97. The van der Waals surface area contributed by atoms with Crippen molar-refractivity contribution in [2.75, 3.05) is 32.6 Å². The van der Waals surface area contributed by atoms with Crippen molar-refractivity contribution in [3.63, 3.8) is 0 Å². The average molecular weight is 251 g/mol. The zero-order valence-electron chi connectivity index (χ0n) is 11.5. The van der Waals surface area contributed by atoms with Gasteiger partial charge < -0.3 is 19.7 Å². The topological polar surface area (TPSA) is 53.4 Å². The van der Waals surface area contributed by atoms with Crippen molar-refractivity contribution in [2.45, 2.75) is 19.0 Å². The van der Waals surface area contributed by atoms with E-state index in [1.54, 1.807) is 4.90 Å². The lowest BCUT2D eigenvalue weighted by Crippen LogP contribution is -2.36. The summed E-state index contributed by atoms with van der Waals surface area (Å²) in [6.07, 6.45) is 2.74. The Labute approximate surface area is 108 Å². The molecule has 1 aliphatic rings. The number of hydrogen-bond donors (Lipinski definition) is 1. The van der Waals surface area contributed by atoms with E-state index in [1.807, 2.05) is 43.9 Å². The second-order valence-corrected chi connectivity index (χ2v) is 4.98. The van der Waals surface area contributed by atoms with Crippen LogP contribution in [0, 0.1) is 0 Å². The number of carbonyl (C=O) groups is 1. The molecule has 6 nitrogen and oxygen atoms in total. The van der Waals surface area contributed by atoms with Gasteiger partial charge in [0.1, 0.15) is 0 Å². The SMILES string of the molecule is CN1CCC(NCc2cnc(N(C)C)n2C)C1=O. The van der Waals surface area contributed by atoms with Crippen LogP contribution < -0.4 is 10.2 Å². The number of nitrogens with zero attached hydrogens (tertiary/aromatic N) is 4. The zero-order chi connectivity index (χ0) is 13.3. The lowest BCUT2D eigenvalue weighted by atomic mass is 10.2. The first-order valence-electron chi connectivity index (χ1n) is 6.17. The number of carbonyl (C=O) groups excluding carboxylic acids is 1. The van der Waals surface area contributed by atoms with Crippen molar-refractivity contribution in [1.29, 1.82) is 0 Å². The van der Waals surface area contributed by atoms with Crippen LogP contribution in [0.15, 0.2) is 6.20 Å². The normalized spacial score (nSPS) is 19.7. The van der Waals surface area contributed by atoms with Crippen molar-refractivity contribution < 1.29 is 4.79 Å². The van der Waals surface area contributed by atoms with Gasteiger partial charge in [-0.3, -0.25) is 4.79 Å². The molecule has 2 heterocycles. The Kier molecular flexibility index (Phi) is 3.56. The molecule has 0 radical (unpaired) electrons. The summed E-state index contributed by atoms with van der Waals surface area (Å²) < 4.78 is 2.04. The minimum atomic E-state index is -0.0484. The third kappa shape index (κ3) is 2.33. The molecular formula is C12H21N5O. The molecule has 1 unspecified atom stereocenters. The summed E-state index contributed by atoms with van der Waals surface area (Å²) in [5, 5.41) is 3.30. The number of rotatable bonds is 4. The first-order chi connectivity index (χ1) is 8.50. The summed E-state index contributed by atoms with van der Waals surface area (Å²) in [5.41, 5.74) is 1.08. The average Bonchev–Trinajstić information content (AvgIpc) is 2.83. The molecule has 0 aliphatic carbocycles. The van der Waals surface area contributed by atoms with E-state index in [1.165, 1.54) is 0 Å². The maximum absolute atomic E-state index is 11.8. The van der Waals surface area contributed by atoms with Crippen LogP contribution in [-0.4, -0.2) is 54.1 Å². The van der Waals surface area contributed by atoms with Crippen LogP contribution in [0.1, 0.15) is 12.1 Å². The van der Waals surface area contributed by atoms with Crippen molar-refractivity contribution in [2.24, 2.45) is 7.05 Å². The molecule has 0 spiro atoms. The lowest BCUT2D eigenvalue weighted by Gasteiger charge is -2.14. The predicted molar refractivity (Wildman–Crippen MR) is 70.4 cm³/mol. The van der Waals surface area contributed by atoms with Gasteiger partial charge in [0.05, 0.1) is 17.9 Å².